The van der Waals surface area contributed by atoms with Crippen LogP contribution >= 0.6 is 11.6 Å². The van der Waals surface area contributed by atoms with Crippen LogP contribution in [0.4, 0.5) is 15.8 Å². The van der Waals surface area contributed by atoms with Crippen molar-refractivity contribution in [2.24, 2.45) is 0 Å². The summed E-state index contributed by atoms with van der Waals surface area (Å²) >= 11 is 6.05. The fourth-order valence-corrected chi connectivity index (χ4v) is 4.62. The van der Waals surface area contributed by atoms with Gasteiger partial charge in [0, 0.05) is 66.6 Å². The first-order valence-corrected chi connectivity index (χ1v) is 12.9. The summed E-state index contributed by atoms with van der Waals surface area (Å²) in [5.74, 6) is -0.550. The lowest BCUT2D eigenvalue weighted by atomic mass is 10.1. The molecule has 0 amide bonds. The lowest BCUT2D eigenvalue weighted by Crippen LogP contribution is -2.45. The number of methoxy groups -OCH3 is 1. The van der Waals surface area contributed by atoms with Crippen LogP contribution in [0.2, 0.25) is 5.02 Å². The highest BCUT2D eigenvalue weighted by Gasteiger charge is 2.19. The van der Waals surface area contributed by atoms with E-state index in [-0.39, 0.29) is 5.56 Å². The van der Waals surface area contributed by atoms with Gasteiger partial charge in [0.2, 0.25) is 0 Å². The number of nitrogens with one attached hydrogen (secondary N) is 1. The van der Waals surface area contributed by atoms with Gasteiger partial charge in [-0.1, -0.05) is 11.6 Å². The van der Waals surface area contributed by atoms with Crippen LogP contribution in [0.3, 0.4) is 0 Å². The number of esters is 1. The van der Waals surface area contributed by atoms with Crippen molar-refractivity contribution in [3.63, 3.8) is 0 Å². The molecule has 0 aliphatic carbocycles. The van der Waals surface area contributed by atoms with Crippen LogP contribution in [-0.4, -0.2) is 84.4 Å². The zero-order valence-electron chi connectivity index (χ0n) is 21.7. The Morgan fingerprint density at radius 1 is 1.13 bits per heavy atom. The van der Waals surface area contributed by atoms with E-state index in [2.05, 4.69) is 37.3 Å². The number of benzene rings is 2. The van der Waals surface area contributed by atoms with Crippen molar-refractivity contribution in [2.75, 3.05) is 58.8 Å². The molecule has 4 aromatic rings. The molecule has 0 unspecified atom stereocenters. The molecule has 1 saturated heterocycles. The molecule has 5 rings (SSSR count). The largest absolute Gasteiger partial charge is 0.491 e. The quantitative estimate of drug-likeness (QED) is 0.315. The zero-order chi connectivity index (χ0) is 27.4. The summed E-state index contributed by atoms with van der Waals surface area (Å²) in [5, 5.41) is 12.4. The van der Waals surface area contributed by atoms with E-state index >= 15 is 0 Å². The van der Waals surface area contributed by atoms with Gasteiger partial charge in [-0.2, -0.15) is 10.2 Å². The second kappa shape index (κ2) is 11.9. The fraction of sp³-hybridized carbons (Fsp3) is 0.286. The predicted molar refractivity (Wildman–Crippen MR) is 148 cm³/mol. The van der Waals surface area contributed by atoms with Crippen LogP contribution < -0.4 is 10.1 Å². The number of ether oxygens (including phenoxy) is 2. The number of halogens is 2. The van der Waals surface area contributed by atoms with E-state index in [1.54, 1.807) is 30.5 Å². The summed E-state index contributed by atoms with van der Waals surface area (Å²) in [5.41, 5.74) is 2.73. The lowest BCUT2D eigenvalue weighted by Gasteiger charge is -2.32. The minimum atomic E-state index is -0.509. The Hall–Kier alpha value is -3.86. The molecule has 11 heteroatoms. The van der Waals surface area contributed by atoms with Gasteiger partial charge < -0.3 is 19.7 Å². The van der Waals surface area contributed by atoms with Crippen molar-refractivity contribution in [1.82, 2.24) is 25.0 Å². The van der Waals surface area contributed by atoms with Gasteiger partial charge >= 0.3 is 5.97 Å². The van der Waals surface area contributed by atoms with E-state index in [0.717, 1.165) is 32.7 Å². The first kappa shape index (κ1) is 26.7. The third kappa shape index (κ3) is 6.25. The van der Waals surface area contributed by atoms with E-state index in [4.69, 9.17) is 21.1 Å². The maximum Gasteiger partial charge on any atom is 0.341 e. The molecular formula is C28H28ClFN6O3. The second-order valence-electron chi connectivity index (χ2n) is 9.29. The van der Waals surface area contributed by atoms with Crippen LogP contribution in [0, 0.1) is 5.82 Å². The van der Waals surface area contributed by atoms with Crippen LogP contribution in [0.1, 0.15) is 10.4 Å². The molecule has 1 aliphatic heterocycles. The predicted octanol–water partition coefficient (Wildman–Crippen LogP) is 4.64. The molecule has 1 aliphatic rings. The molecule has 9 nitrogen and oxygen atoms in total. The van der Waals surface area contributed by atoms with Crippen molar-refractivity contribution in [3.8, 4) is 17.0 Å². The first-order chi connectivity index (χ1) is 18.9. The summed E-state index contributed by atoms with van der Waals surface area (Å²) in [7, 11) is 3.45. The number of hydrogen-bond acceptors (Lipinski definition) is 9. The van der Waals surface area contributed by atoms with Crippen molar-refractivity contribution >= 4 is 39.8 Å². The topological polar surface area (TPSA) is 92.7 Å². The third-order valence-electron chi connectivity index (χ3n) is 6.65. The molecular weight excluding hydrogens is 523 g/mol. The molecule has 0 atom stereocenters. The maximum absolute atomic E-state index is 14.4. The number of piperazine rings is 1. The van der Waals surface area contributed by atoms with Gasteiger partial charge in [-0.25, -0.2) is 9.18 Å². The summed E-state index contributed by atoms with van der Waals surface area (Å²) in [6.07, 6.45) is 3.18. The highest BCUT2D eigenvalue weighted by atomic mass is 35.5. The highest BCUT2D eigenvalue weighted by Crippen LogP contribution is 2.32. The minimum absolute atomic E-state index is 0.240. The summed E-state index contributed by atoms with van der Waals surface area (Å²) < 4.78 is 25.5. The van der Waals surface area contributed by atoms with E-state index in [1.165, 1.54) is 31.5 Å². The molecule has 3 heterocycles. The molecule has 0 saturated carbocycles. The molecule has 0 spiro atoms. The summed E-state index contributed by atoms with van der Waals surface area (Å²) in [4.78, 5) is 21.8. The first-order valence-electron chi connectivity index (χ1n) is 12.5. The Balaban J connectivity index is 1.41. The zero-order valence-corrected chi connectivity index (χ0v) is 22.4. The summed E-state index contributed by atoms with van der Waals surface area (Å²) in [6.45, 7) is 5.19. The highest BCUT2D eigenvalue weighted by molar-refractivity contribution is 6.30. The van der Waals surface area contributed by atoms with E-state index < -0.39 is 11.8 Å². The fourth-order valence-electron chi connectivity index (χ4n) is 4.44. The average molecular weight is 551 g/mol. The van der Waals surface area contributed by atoms with Crippen LogP contribution in [0.25, 0.3) is 22.2 Å². The number of anilines is 2. The van der Waals surface area contributed by atoms with Crippen LogP contribution in [0.15, 0.2) is 54.9 Å². The monoisotopic (exact) mass is 550 g/mol. The SMILES string of the molecule is COC(=O)c1cc2c(Nc3cnnc(-c4cc(Cl)ccc4F)c3)ccnc2cc1OCCN1CCN(C)CC1. The molecule has 1 fully saturated rings. The number of rotatable bonds is 8. The van der Waals surface area contributed by atoms with E-state index in [9.17, 15) is 9.18 Å². The molecule has 202 valence electrons. The molecule has 39 heavy (non-hydrogen) atoms. The summed E-state index contributed by atoms with van der Waals surface area (Å²) in [6, 6.07) is 11.2. The smallest absolute Gasteiger partial charge is 0.341 e. The number of likely N-dealkylation sites (N-methyl/N-ethyl adjacent to an activating group) is 1. The number of nitrogens with zero attached hydrogens (tertiary/aromatic N) is 5. The molecule has 0 bridgehead atoms. The Labute approximate surface area is 230 Å². The van der Waals surface area contributed by atoms with Gasteiger partial charge in [-0.05, 0) is 43.4 Å². The van der Waals surface area contributed by atoms with Crippen molar-refractivity contribution in [1.29, 1.82) is 0 Å². The van der Waals surface area contributed by atoms with Crippen molar-refractivity contribution in [3.05, 3.63) is 71.3 Å². The Bertz CT molecular complexity index is 1500. The van der Waals surface area contributed by atoms with Gasteiger partial charge in [0.25, 0.3) is 0 Å². The average Bonchev–Trinajstić information content (AvgIpc) is 2.95. The molecule has 0 radical (unpaired) electrons. The molecule has 2 aromatic heterocycles. The van der Waals surface area contributed by atoms with E-state index in [0.29, 0.717) is 50.9 Å². The number of hydrogen-bond donors (Lipinski definition) is 1. The van der Waals surface area contributed by atoms with Crippen molar-refractivity contribution in [2.45, 2.75) is 0 Å². The van der Waals surface area contributed by atoms with Gasteiger partial charge in [0.1, 0.15) is 23.7 Å². The van der Waals surface area contributed by atoms with Crippen LogP contribution in [-0.2, 0) is 4.74 Å². The van der Waals surface area contributed by atoms with Gasteiger partial charge in [-0.15, -0.1) is 0 Å². The lowest BCUT2D eigenvalue weighted by molar-refractivity contribution is 0.0595. The van der Waals surface area contributed by atoms with Gasteiger partial charge in [-0.3, -0.25) is 9.88 Å². The Morgan fingerprint density at radius 2 is 1.95 bits per heavy atom. The molecule has 2 aromatic carbocycles. The molecule has 1 N–H and O–H groups in total. The second-order valence-corrected chi connectivity index (χ2v) is 9.72. The normalized spacial score (nSPS) is 14.4. The number of carbonyl (C=O) groups excluding carboxylic acids is 1. The van der Waals surface area contributed by atoms with Crippen molar-refractivity contribution < 1.29 is 18.7 Å². The standard InChI is InChI=1S/C28H28ClFN6O3/c1-35-7-9-36(10-8-35)11-12-39-27-16-25-21(15-22(27)28(37)38-2)24(5-6-31-25)33-19-14-26(34-32-17-19)20-13-18(29)3-4-23(20)30/h3-6,13-17H,7-12H2,1-2H3,(H,31,33,34). The number of fused-ring (bicyclic) bond motifs is 1. The van der Waals surface area contributed by atoms with E-state index in [1.807, 2.05) is 0 Å². The number of pyridine rings is 1. The Morgan fingerprint density at radius 3 is 2.74 bits per heavy atom. The van der Waals surface area contributed by atoms with Crippen LogP contribution in [0.5, 0.6) is 5.75 Å². The minimum Gasteiger partial charge on any atom is -0.491 e. The Kier molecular flexibility index (Phi) is 8.16. The van der Waals surface area contributed by atoms with Gasteiger partial charge in [0.05, 0.1) is 30.2 Å². The number of aromatic nitrogens is 3. The maximum atomic E-state index is 14.4. The third-order valence-corrected chi connectivity index (χ3v) is 6.88. The van der Waals surface area contributed by atoms with Gasteiger partial charge in [0.15, 0.2) is 0 Å². The number of carbonyl (C=O) groups is 1.